The minimum Gasteiger partial charge on any atom is -0.292 e. The highest BCUT2D eigenvalue weighted by molar-refractivity contribution is 7.20. The number of nitrogens with zero attached hydrogens (tertiary/aromatic N) is 2. The number of hydrogen-bond acceptors (Lipinski definition) is 4. The van der Waals surface area contributed by atoms with Crippen molar-refractivity contribution in [1.82, 2.24) is 9.78 Å². The fraction of sp³-hybridized carbons (Fsp3) is 0.100. The van der Waals surface area contributed by atoms with Gasteiger partial charge in [0.1, 0.15) is 10.9 Å². The molecule has 0 aliphatic carbocycles. The minimum absolute atomic E-state index is 0.146. The van der Waals surface area contributed by atoms with Gasteiger partial charge in [0.15, 0.2) is 5.78 Å². The molecule has 17 heavy (non-hydrogen) atoms. The van der Waals surface area contributed by atoms with Crippen LogP contribution in [-0.2, 0) is 6.54 Å². The summed E-state index contributed by atoms with van der Waals surface area (Å²) in [6.45, 7) is -0.146. The van der Waals surface area contributed by atoms with Gasteiger partial charge in [-0.15, -0.1) is 11.3 Å². The van der Waals surface area contributed by atoms with Gasteiger partial charge in [0, 0.05) is 12.3 Å². The molecular weight excluding hydrogens is 283 g/mol. The van der Waals surface area contributed by atoms with Crippen LogP contribution in [-0.4, -0.2) is 15.6 Å². The van der Waals surface area contributed by atoms with Crippen LogP contribution in [0.1, 0.15) is 10.4 Å². The quantitative estimate of drug-likeness (QED) is 0.816. The van der Waals surface area contributed by atoms with E-state index in [1.165, 1.54) is 24.4 Å². The SMILES string of the molecule is O=C(Cn1ncccc1=O)c1cc(Cl)sc1Cl. The molecule has 4 nitrogen and oxygen atoms in total. The summed E-state index contributed by atoms with van der Waals surface area (Å²) >= 11 is 12.7. The normalized spacial score (nSPS) is 10.5. The Labute approximate surface area is 110 Å². The Hall–Kier alpha value is -1.17. The monoisotopic (exact) mass is 288 g/mol. The van der Waals surface area contributed by atoms with Crippen molar-refractivity contribution in [3.8, 4) is 0 Å². The molecule has 0 radical (unpaired) electrons. The molecule has 0 bridgehead atoms. The van der Waals surface area contributed by atoms with Crippen molar-refractivity contribution in [2.45, 2.75) is 6.54 Å². The summed E-state index contributed by atoms with van der Waals surface area (Å²) in [6, 6.07) is 4.34. The van der Waals surface area contributed by atoms with Crippen LogP contribution in [0.2, 0.25) is 8.67 Å². The average molecular weight is 289 g/mol. The van der Waals surface area contributed by atoms with Crippen LogP contribution in [0.15, 0.2) is 29.2 Å². The molecule has 0 saturated carbocycles. The summed E-state index contributed by atoms with van der Waals surface area (Å²) in [5, 5.41) is 3.79. The van der Waals surface area contributed by atoms with Gasteiger partial charge in [0.25, 0.3) is 5.56 Å². The van der Waals surface area contributed by atoms with E-state index < -0.39 is 0 Å². The number of carbonyl (C=O) groups excluding carboxylic acids is 1. The van der Waals surface area contributed by atoms with E-state index in [1.807, 2.05) is 0 Å². The van der Waals surface area contributed by atoms with Gasteiger partial charge >= 0.3 is 0 Å². The van der Waals surface area contributed by atoms with Crippen LogP contribution in [0.5, 0.6) is 0 Å². The molecule has 2 aromatic heterocycles. The minimum atomic E-state index is -0.335. The van der Waals surface area contributed by atoms with E-state index >= 15 is 0 Å². The Morgan fingerprint density at radius 2 is 2.24 bits per heavy atom. The highest BCUT2D eigenvalue weighted by Crippen LogP contribution is 2.31. The second kappa shape index (κ2) is 5.00. The van der Waals surface area contributed by atoms with Gasteiger partial charge in [-0.1, -0.05) is 23.2 Å². The first-order valence-electron chi connectivity index (χ1n) is 4.58. The number of aromatic nitrogens is 2. The van der Waals surface area contributed by atoms with E-state index in [4.69, 9.17) is 23.2 Å². The molecule has 0 aromatic carbocycles. The molecule has 2 heterocycles. The highest BCUT2D eigenvalue weighted by atomic mass is 35.5. The summed E-state index contributed by atoms with van der Waals surface area (Å²) in [5.74, 6) is -0.293. The van der Waals surface area contributed by atoms with E-state index in [-0.39, 0.29) is 17.9 Å². The molecule has 0 spiro atoms. The van der Waals surface area contributed by atoms with E-state index in [1.54, 1.807) is 0 Å². The highest BCUT2D eigenvalue weighted by Gasteiger charge is 2.15. The van der Waals surface area contributed by atoms with Crippen molar-refractivity contribution in [2.24, 2.45) is 0 Å². The van der Waals surface area contributed by atoms with Crippen LogP contribution < -0.4 is 5.56 Å². The van der Waals surface area contributed by atoms with Gasteiger partial charge in [-0.2, -0.15) is 5.10 Å². The lowest BCUT2D eigenvalue weighted by Gasteiger charge is -2.01. The van der Waals surface area contributed by atoms with Crippen molar-refractivity contribution < 1.29 is 4.79 Å². The first-order valence-corrected chi connectivity index (χ1v) is 6.15. The lowest BCUT2D eigenvalue weighted by Crippen LogP contribution is -2.25. The second-order valence-electron chi connectivity index (χ2n) is 3.18. The first kappa shape index (κ1) is 12.3. The van der Waals surface area contributed by atoms with Gasteiger partial charge in [-0.25, -0.2) is 4.68 Å². The fourth-order valence-electron chi connectivity index (χ4n) is 1.26. The second-order valence-corrected chi connectivity index (χ2v) is 5.47. The number of hydrogen-bond donors (Lipinski definition) is 0. The third-order valence-corrected chi connectivity index (χ3v) is 3.52. The standard InChI is InChI=1S/C10H6Cl2N2O2S/c11-8-4-6(10(12)17-8)7(15)5-14-9(16)2-1-3-13-14/h1-4H,5H2. The molecule has 2 rings (SSSR count). The predicted octanol–water partition coefficient (Wildman–Crippen LogP) is 2.49. The van der Waals surface area contributed by atoms with Crippen LogP contribution in [0, 0.1) is 0 Å². The molecule has 0 fully saturated rings. The summed E-state index contributed by atoms with van der Waals surface area (Å²) in [5.41, 5.74) is -0.0162. The molecule has 0 unspecified atom stereocenters. The lowest BCUT2D eigenvalue weighted by atomic mass is 10.2. The van der Waals surface area contributed by atoms with Gasteiger partial charge in [-0.05, 0) is 12.1 Å². The Kier molecular flexibility index (Phi) is 3.61. The summed E-state index contributed by atoms with van der Waals surface area (Å²) < 4.78 is 1.83. The van der Waals surface area contributed by atoms with Crippen molar-refractivity contribution in [3.05, 3.63) is 49.0 Å². The van der Waals surface area contributed by atoms with Crippen LogP contribution >= 0.6 is 34.5 Å². The largest absolute Gasteiger partial charge is 0.292 e. The predicted molar refractivity (Wildman–Crippen MR) is 67.2 cm³/mol. The third-order valence-electron chi connectivity index (χ3n) is 2.04. The van der Waals surface area contributed by atoms with E-state index in [2.05, 4.69) is 5.10 Å². The topological polar surface area (TPSA) is 52.0 Å². The first-order chi connectivity index (χ1) is 8.08. The molecular formula is C10H6Cl2N2O2S. The van der Waals surface area contributed by atoms with Gasteiger partial charge in [-0.3, -0.25) is 9.59 Å². The summed E-state index contributed by atoms with van der Waals surface area (Å²) in [7, 11) is 0. The van der Waals surface area contributed by atoms with Crippen molar-refractivity contribution in [2.75, 3.05) is 0 Å². The molecule has 0 amide bonds. The zero-order chi connectivity index (χ0) is 12.4. The number of ketones is 1. The lowest BCUT2D eigenvalue weighted by molar-refractivity contribution is 0.0966. The Morgan fingerprint density at radius 1 is 1.47 bits per heavy atom. The number of rotatable bonds is 3. The van der Waals surface area contributed by atoms with E-state index in [0.717, 1.165) is 16.0 Å². The van der Waals surface area contributed by atoms with Gasteiger partial charge in [0.2, 0.25) is 0 Å². The smallest absolute Gasteiger partial charge is 0.267 e. The molecule has 88 valence electrons. The maximum absolute atomic E-state index is 11.9. The Balaban J connectivity index is 2.26. The number of Topliss-reactive ketones (excluding diaryl/α,β-unsaturated/α-hetero) is 1. The maximum atomic E-state index is 11.9. The number of thiophene rings is 1. The van der Waals surface area contributed by atoms with Crippen molar-refractivity contribution in [1.29, 1.82) is 0 Å². The molecule has 0 atom stereocenters. The fourth-order valence-corrected chi connectivity index (χ4v) is 2.76. The van der Waals surface area contributed by atoms with Crippen LogP contribution in [0.25, 0.3) is 0 Å². The van der Waals surface area contributed by atoms with Gasteiger partial charge < -0.3 is 0 Å². The summed E-state index contributed by atoms with van der Waals surface area (Å²) in [4.78, 5) is 23.2. The summed E-state index contributed by atoms with van der Waals surface area (Å²) in [6.07, 6.45) is 1.44. The van der Waals surface area contributed by atoms with E-state index in [0.29, 0.717) is 14.2 Å². The van der Waals surface area contributed by atoms with Crippen LogP contribution in [0.4, 0.5) is 0 Å². The number of halogens is 2. The molecule has 0 aliphatic rings. The molecule has 2 aromatic rings. The zero-order valence-corrected chi connectivity index (χ0v) is 10.7. The van der Waals surface area contributed by atoms with Crippen molar-refractivity contribution >= 4 is 40.3 Å². The molecule has 0 saturated heterocycles. The average Bonchev–Trinajstić information content (AvgIpc) is 2.61. The maximum Gasteiger partial charge on any atom is 0.267 e. The number of carbonyl (C=O) groups is 1. The Bertz CT molecular complexity index is 621. The third kappa shape index (κ3) is 2.74. The van der Waals surface area contributed by atoms with Crippen molar-refractivity contribution in [3.63, 3.8) is 0 Å². The molecule has 7 heteroatoms. The molecule has 0 aliphatic heterocycles. The van der Waals surface area contributed by atoms with E-state index in [9.17, 15) is 9.59 Å². The zero-order valence-electron chi connectivity index (χ0n) is 8.39. The van der Waals surface area contributed by atoms with Crippen LogP contribution in [0.3, 0.4) is 0 Å². The molecule has 0 N–H and O–H groups in total. The van der Waals surface area contributed by atoms with Gasteiger partial charge in [0.05, 0.1) is 9.90 Å². The Morgan fingerprint density at radius 3 is 2.82 bits per heavy atom.